The van der Waals surface area contributed by atoms with Gasteiger partial charge in [-0.1, -0.05) is 70.2 Å². The van der Waals surface area contributed by atoms with Crippen molar-refractivity contribution in [2.24, 2.45) is 5.92 Å². The summed E-state index contributed by atoms with van der Waals surface area (Å²) in [6.07, 6.45) is 15.4. The first-order chi connectivity index (χ1) is 12.3. The Morgan fingerprint density at radius 1 is 1.00 bits per heavy atom. The number of hydrogen-bond donors (Lipinski definition) is 0. The summed E-state index contributed by atoms with van der Waals surface area (Å²) in [5, 5.41) is 0. The second-order valence-electron chi connectivity index (χ2n) is 7.65. The molecule has 0 fully saturated rings. The Labute approximate surface area is 155 Å². The summed E-state index contributed by atoms with van der Waals surface area (Å²) >= 11 is 0. The van der Waals surface area contributed by atoms with Gasteiger partial charge in [-0.05, 0) is 68.1 Å². The minimum Gasteiger partial charge on any atom is -0.494 e. The van der Waals surface area contributed by atoms with E-state index in [1.165, 1.54) is 63.4 Å². The van der Waals surface area contributed by atoms with Crippen LogP contribution in [0.4, 0.5) is 0 Å². The molecule has 0 heterocycles. The van der Waals surface area contributed by atoms with Gasteiger partial charge in [0.05, 0.1) is 6.61 Å². The van der Waals surface area contributed by atoms with Crippen molar-refractivity contribution in [3.05, 3.63) is 41.5 Å². The lowest BCUT2D eigenvalue weighted by atomic mass is 9.76. The van der Waals surface area contributed by atoms with Crippen molar-refractivity contribution in [1.82, 2.24) is 0 Å². The fraction of sp³-hybridized carbons (Fsp3) is 0.667. The van der Waals surface area contributed by atoms with Gasteiger partial charge in [0, 0.05) is 0 Å². The van der Waals surface area contributed by atoms with Crippen LogP contribution in [0.1, 0.15) is 96.5 Å². The first-order valence-corrected chi connectivity index (χ1v) is 10.7. The van der Waals surface area contributed by atoms with E-state index in [9.17, 15) is 0 Å². The highest BCUT2D eigenvalue weighted by Gasteiger charge is 2.23. The fourth-order valence-electron chi connectivity index (χ4n) is 4.14. The maximum absolute atomic E-state index is 5.85. The molecule has 1 aliphatic carbocycles. The molecule has 0 aromatic heterocycles. The molecule has 1 aromatic carbocycles. The molecule has 0 radical (unpaired) electrons. The third kappa shape index (κ3) is 6.53. The summed E-state index contributed by atoms with van der Waals surface area (Å²) in [7, 11) is 0. The topological polar surface area (TPSA) is 9.23 Å². The fourth-order valence-corrected chi connectivity index (χ4v) is 4.14. The second kappa shape index (κ2) is 11.4. The number of hydrogen-bond acceptors (Lipinski definition) is 1. The Bertz CT molecular complexity index is 499. The Morgan fingerprint density at radius 3 is 2.40 bits per heavy atom. The second-order valence-corrected chi connectivity index (χ2v) is 7.65. The maximum Gasteiger partial charge on any atom is 0.119 e. The first kappa shape index (κ1) is 20.1. The first-order valence-electron chi connectivity index (χ1n) is 10.7. The maximum atomic E-state index is 5.85. The molecule has 0 aliphatic heterocycles. The SMILES string of the molecule is CCCCOc1ccc(C(CC2=CCCCC2)C(CC)CCC)cc1. The average Bonchev–Trinajstić information content (AvgIpc) is 2.66. The molecule has 0 N–H and O–H groups in total. The zero-order valence-electron chi connectivity index (χ0n) is 16.7. The van der Waals surface area contributed by atoms with Crippen LogP contribution in [0.3, 0.4) is 0 Å². The van der Waals surface area contributed by atoms with Crippen LogP contribution < -0.4 is 4.74 Å². The molecule has 1 aromatic rings. The van der Waals surface area contributed by atoms with Crippen molar-refractivity contribution in [2.45, 2.75) is 90.9 Å². The molecule has 1 heteroatoms. The van der Waals surface area contributed by atoms with Gasteiger partial charge in [0.2, 0.25) is 0 Å². The smallest absolute Gasteiger partial charge is 0.119 e. The molecule has 0 saturated heterocycles. The highest BCUT2D eigenvalue weighted by atomic mass is 16.5. The van der Waals surface area contributed by atoms with Gasteiger partial charge in [-0.15, -0.1) is 0 Å². The van der Waals surface area contributed by atoms with Crippen molar-refractivity contribution in [1.29, 1.82) is 0 Å². The quantitative estimate of drug-likeness (QED) is 0.296. The van der Waals surface area contributed by atoms with Crippen molar-refractivity contribution in [3.8, 4) is 5.75 Å². The van der Waals surface area contributed by atoms with E-state index in [4.69, 9.17) is 4.74 Å². The molecule has 0 bridgehead atoms. The van der Waals surface area contributed by atoms with Gasteiger partial charge in [0.1, 0.15) is 5.75 Å². The summed E-state index contributed by atoms with van der Waals surface area (Å²) in [6, 6.07) is 9.03. The van der Waals surface area contributed by atoms with Crippen LogP contribution in [0.2, 0.25) is 0 Å². The zero-order chi connectivity index (χ0) is 17.9. The van der Waals surface area contributed by atoms with E-state index >= 15 is 0 Å². The van der Waals surface area contributed by atoms with Crippen molar-refractivity contribution in [2.75, 3.05) is 6.61 Å². The van der Waals surface area contributed by atoms with Crippen LogP contribution in [-0.4, -0.2) is 6.61 Å². The lowest BCUT2D eigenvalue weighted by Gasteiger charge is -2.29. The normalized spacial score (nSPS) is 17.0. The molecule has 0 saturated carbocycles. The molecule has 1 nitrogen and oxygen atoms in total. The van der Waals surface area contributed by atoms with Crippen molar-refractivity contribution < 1.29 is 4.74 Å². The van der Waals surface area contributed by atoms with Crippen LogP contribution in [0, 0.1) is 5.92 Å². The average molecular weight is 343 g/mol. The minimum absolute atomic E-state index is 0.666. The zero-order valence-corrected chi connectivity index (χ0v) is 16.7. The van der Waals surface area contributed by atoms with Crippen LogP contribution >= 0.6 is 0 Å². The predicted molar refractivity (Wildman–Crippen MR) is 109 cm³/mol. The van der Waals surface area contributed by atoms with E-state index in [-0.39, 0.29) is 0 Å². The number of benzene rings is 1. The molecule has 25 heavy (non-hydrogen) atoms. The Kier molecular flexibility index (Phi) is 9.15. The van der Waals surface area contributed by atoms with E-state index in [0.717, 1.165) is 24.7 Å². The van der Waals surface area contributed by atoms with Crippen LogP contribution in [0.5, 0.6) is 5.75 Å². The molecule has 0 amide bonds. The molecule has 2 atom stereocenters. The molecular weight excluding hydrogens is 304 g/mol. The predicted octanol–water partition coefficient (Wildman–Crippen LogP) is 7.67. The number of ether oxygens (including phenoxy) is 1. The summed E-state index contributed by atoms with van der Waals surface area (Å²) < 4.78 is 5.85. The van der Waals surface area contributed by atoms with Crippen LogP contribution in [0.25, 0.3) is 0 Å². The van der Waals surface area contributed by atoms with Gasteiger partial charge < -0.3 is 4.74 Å². The van der Waals surface area contributed by atoms with E-state index in [1.807, 2.05) is 0 Å². The number of rotatable bonds is 11. The van der Waals surface area contributed by atoms with Gasteiger partial charge in [-0.2, -0.15) is 0 Å². The lowest BCUT2D eigenvalue weighted by molar-refractivity contribution is 0.309. The Balaban J connectivity index is 2.11. The molecular formula is C24H38O. The highest BCUT2D eigenvalue weighted by Crippen LogP contribution is 2.38. The van der Waals surface area contributed by atoms with Gasteiger partial charge in [-0.25, -0.2) is 0 Å². The molecule has 0 spiro atoms. The Hall–Kier alpha value is -1.24. The summed E-state index contributed by atoms with van der Waals surface area (Å²) in [5.41, 5.74) is 3.21. The van der Waals surface area contributed by atoms with E-state index in [2.05, 4.69) is 51.1 Å². The van der Waals surface area contributed by atoms with Gasteiger partial charge in [0.15, 0.2) is 0 Å². The largest absolute Gasteiger partial charge is 0.494 e. The standard InChI is InChI=1S/C24H38O/c1-4-7-18-25-23-16-14-22(15-17-23)24(21(6-3)11-5-2)19-20-12-9-8-10-13-20/h12,14-17,21,24H,4-11,13,18-19H2,1-3H3. The van der Waals surface area contributed by atoms with Gasteiger partial charge >= 0.3 is 0 Å². The van der Waals surface area contributed by atoms with Gasteiger partial charge in [0.25, 0.3) is 0 Å². The lowest BCUT2D eigenvalue weighted by Crippen LogP contribution is -2.14. The third-order valence-corrected chi connectivity index (χ3v) is 5.69. The summed E-state index contributed by atoms with van der Waals surface area (Å²) in [5.74, 6) is 2.48. The highest BCUT2D eigenvalue weighted by molar-refractivity contribution is 5.31. The van der Waals surface area contributed by atoms with Crippen molar-refractivity contribution >= 4 is 0 Å². The molecule has 1 aliphatic rings. The van der Waals surface area contributed by atoms with Crippen molar-refractivity contribution in [3.63, 3.8) is 0 Å². The van der Waals surface area contributed by atoms with E-state index in [0.29, 0.717) is 5.92 Å². The van der Waals surface area contributed by atoms with E-state index in [1.54, 1.807) is 5.57 Å². The summed E-state index contributed by atoms with van der Waals surface area (Å²) in [4.78, 5) is 0. The van der Waals surface area contributed by atoms with Crippen LogP contribution in [0.15, 0.2) is 35.9 Å². The van der Waals surface area contributed by atoms with E-state index < -0.39 is 0 Å². The monoisotopic (exact) mass is 342 g/mol. The summed E-state index contributed by atoms with van der Waals surface area (Å²) in [6.45, 7) is 7.73. The third-order valence-electron chi connectivity index (χ3n) is 5.69. The molecule has 2 unspecified atom stereocenters. The minimum atomic E-state index is 0.666. The molecule has 2 rings (SSSR count). The van der Waals surface area contributed by atoms with Crippen LogP contribution in [-0.2, 0) is 0 Å². The van der Waals surface area contributed by atoms with Gasteiger partial charge in [-0.3, -0.25) is 0 Å². The molecule has 140 valence electrons. The number of allylic oxidation sites excluding steroid dienone is 2. The Morgan fingerprint density at radius 2 is 1.80 bits per heavy atom. The number of unbranched alkanes of at least 4 members (excludes halogenated alkanes) is 1.